The fourth-order valence-electron chi connectivity index (χ4n) is 2.33. The zero-order chi connectivity index (χ0) is 15.0. The molecule has 0 aliphatic carbocycles. The van der Waals surface area contributed by atoms with E-state index in [1.807, 2.05) is 31.2 Å². The van der Waals surface area contributed by atoms with Crippen molar-refractivity contribution in [3.8, 4) is 18.1 Å². The molecule has 0 spiro atoms. The molecule has 110 valence electrons. The highest BCUT2D eigenvalue weighted by Crippen LogP contribution is 2.19. The molecule has 0 aliphatic rings. The molecule has 0 saturated carbocycles. The Balaban J connectivity index is 2.51. The summed E-state index contributed by atoms with van der Waals surface area (Å²) in [6.45, 7) is 7.54. The number of hydrogen-bond donors (Lipinski definition) is 2. The van der Waals surface area contributed by atoms with Gasteiger partial charge in [0, 0.05) is 18.7 Å². The normalized spacial score (nSPS) is 13.8. The number of terminal acetylenes is 1. The Morgan fingerprint density at radius 1 is 1.40 bits per heavy atom. The van der Waals surface area contributed by atoms with E-state index < -0.39 is 5.60 Å². The molecule has 1 rings (SSSR count). The summed E-state index contributed by atoms with van der Waals surface area (Å²) in [5.41, 5.74) is 0.353. The Bertz CT molecular complexity index is 447. The van der Waals surface area contributed by atoms with Crippen LogP contribution in [0.1, 0.15) is 32.8 Å². The lowest BCUT2D eigenvalue weighted by molar-refractivity contribution is 0.0383. The van der Waals surface area contributed by atoms with Crippen molar-refractivity contribution in [1.29, 1.82) is 0 Å². The van der Waals surface area contributed by atoms with Crippen molar-refractivity contribution in [3.05, 3.63) is 29.8 Å². The number of aliphatic hydroxyl groups is 1. The van der Waals surface area contributed by atoms with Gasteiger partial charge in [-0.2, -0.15) is 0 Å². The third kappa shape index (κ3) is 6.10. The second-order valence-corrected chi connectivity index (χ2v) is 5.80. The molecule has 1 unspecified atom stereocenters. The Morgan fingerprint density at radius 2 is 2.10 bits per heavy atom. The van der Waals surface area contributed by atoms with Crippen LogP contribution in [-0.4, -0.2) is 23.9 Å². The molecule has 1 atom stereocenters. The minimum absolute atomic E-state index is 0.266. The molecular formula is C17H25NO2. The van der Waals surface area contributed by atoms with E-state index in [4.69, 9.17) is 11.2 Å². The lowest BCUT2D eigenvalue weighted by Gasteiger charge is -2.26. The molecule has 3 heteroatoms. The molecule has 2 N–H and O–H groups in total. The molecule has 1 aromatic carbocycles. The molecule has 0 fully saturated rings. The first-order chi connectivity index (χ1) is 9.44. The van der Waals surface area contributed by atoms with Gasteiger partial charge >= 0.3 is 0 Å². The molecule has 0 aliphatic heterocycles. The Hall–Kier alpha value is -1.50. The Labute approximate surface area is 122 Å². The largest absolute Gasteiger partial charge is 0.481 e. The lowest BCUT2D eigenvalue weighted by Crippen LogP contribution is -2.38. The first-order valence-corrected chi connectivity index (χ1v) is 7.02. The molecule has 3 nitrogen and oxygen atoms in total. The van der Waals surface area contributed by atoms with E-state index in [0.29, 0.717) is 19.0 Å². The van der Waals surface area contributed by atoms with Gasteiger partial charge in [-0.15, -0.1) is 6.42 Å². The summed E-state index contributed by atoms with van der Waals surface area (Å²) in [6.07, 6.45) is 5.98. The fraction of sp³-hybridized carbons (Fsp3) is 0.529. The first kappa shape index (κ1) is 16.6. The van der Waals surface area contributed by atoms with Crippen LogP contribution in [0.3, 0.4) is 0 Å². The van der Waals surface area contributed by atoms with Crippen LogP contribution in [0.4, 0.5) is 0 Å². The summed E-state index contributed by atoms with van der Waals surface area (Å²) in [5, 5.41) is 13.5. The topological polar surface area (TPSA) is 41.5 Å². The Morgan fingerprint density at radius 3 is 2.75 bits per heavy atom. The van der Waals surface area contributed by atoms with Gasteiger partial charge in [0.25, 0.3) is 0 Å². The molecule has 0 amide bonds. The first-order valence-electron chi connectivity index (χ1n) is 7.02. The van der Waals surface area contributed by atoms with Crippen LogP contribution < -0.4 is 10.1 Å². The van der Waals surface area contributed by atoms with Gasteiger partial charge in [0.2, 0.25) is 0 Å². The highest BCUT2D eigenvalue weighted by atomic mass is 16.5. The predicted molar refractivity (Wildman–Crippen MR) is 82.6 cm³/mol. The van der Waals surface area contributed by atoms with E-state index in [1.54, 1.807) is 0 Å². The van der Waals surface area contributed by atoms with Crippen LogP contribution >= 0.6 is 0 Å². The molecule has 0 saturated heterocycles. The maximum Gasteiger partial charge on any atom is 0.148 e. The monoisotopic (exact) mass is 275 g/mol. The number of hydrogen-bond acceptors (Lipinski definition) is 3. The summed E-state index contributed by atoms with van der Waals surface area (Å²) in [4.78, 5) is 0. The molecule has 20 heavy (non-hydrogen) atoms. The minimum atomic E-state index is -0.692. The van der Waals surface area contributed by atoms with E-state index in [2.05, 4.69) is 25.1 Å². The molecule has 0 bridgehead atoms. The summed E-state index contributed by atoms with van der Waals surface area (Å²) in [7, 11) is 0. The summed E-state index contributed by atoms with van der Waals surface area (Å²) in [6, 6.07) is 7.78. The van der Waals surface area contributed by atoms with Crippen LogP contribution in [0.15, 0.2) is 24.3 Å². The molecule has 0 heterocycles. The van der Waals surface area contributed by atoms with Crippen molar-refractivity contribution in [3.63, 3.8) is 0 Å². The van der Waals surface area contributed by atoms with Crippen LogP contribution in [0, 0.1) is 18.3 Å². The van der Waals surface area contributed by atoms with Gasteiger partial charge in [0.1, 0.15) is 12.4 Å². The summed E-state index contributed by atoms with van der Waals surface area (Å²) >= 11 is 0. The fourth-order valence-corrected chi connectivity index (χ4v) is 2.33. The summed E-state index contributed by atoms with van der Waals surface area (Å²) < 4.78 is 5.49. The maximum absolute atomic E-state index is 10.3. The van der Waals surface area contributed by atoms with Gasteiger partial charge in [-0.3, -0.25) is 0 Å². The number of nitrogens with one attached hydrogen (secondary N) is 1. The zero-order valence-corrected chi connectivity index (χ0v) is 12.6. The van der Waals surface area contributed by atoms with Crippen molar-refractivity contribution < 1.29 is 9.84 Å². The maximum atomic E-state index is 10.3. The summed E-state index contributed by atoms with van der Waals surface area (Å²) in [5.74, 6) is 3.73. The quantitative estimate of drug-likeness (QED) is 0.717. The number of rotatable bonds is 8. The van der Waals surface area contributed by atoms with Gasteiger partial charge in [0.05, 0.1) is 5.60 Å². The van der Waals surface area contributed by atoms with Crippen molar-refractivity contribution in [2.24, 2.45) is 5.92 Å². The van der Waals surface area contributed by atoms with Crippen LogP contribution in [0.25, 0.3) is 0 Å². The highest BCUT2D eigenvalue weighted by molar-refractivity contribution is 5.33. The average Bonchev–Trinajstić information content (AvgIpc) is 2.36. The molecular weight excluding hydrogens is 250 g/mol. The van der Waals surface area contributed by atoms with Crippen molar-refractivity contribution in [2.45, 2.75) is 39.3 Å². The van der Waals surface area contributed by atoms with Crippen LogP contribution in [-0.2, 0) is 6.54 Å². The van der Waals surface area contributed by atoms with Gasteiger partial charge in [-0.1, -0.05) is 38.0 Å². The molecule has 0 aromatic heterocycles. The third-order valence-electron chi connectivity index (χ3n) is 2.95. The predicted octanol–water partition coefficient (Wildman–Crippen LogP) is 2.59. The van der Waals surface area contributed by atoms with Gasteiger partial charge in [-0.05, 0) is 25.3 Å². The van der Waals surface area contributed by atoms with Crippen LogP contribution in [0.5, 0.6) is 5.75 Å². The average molecular weight is 275 g/mol. The van der Waals surface area contributed by atoms with E-state index in [0.717, 1.165) is 17.7 Å². The van der Waals surface area contributed by atoms with Crippen molar-refractivity contribution in [2.75, 3.05) is 13.2 Å². The third-order valence-corrected chi connectivity index (χ3v) is 2.95. The highest BCUT2D eigenvalue weighted by Gasteiger charge is 2.21. The standard InChI is InChI=1S/C17H25NO2/c1-5-10-20-16-9-7-6-8-15(16)12-18-13-17(4,19)11-14(2)3/h1,6-9,14,18-19H,10-13H2,2-4H3. The second-order valence-electron chi connectivity index (χ2n) is 5.80. The minimum Gasteiger partial charge on any atom is -0.481 e. The van der Waals surface area contributed by atoms with E-state index >= 15 is 0 Å². The smallest absolute Gasteiger partial charge is 0.148 e. The van der Waals surface area contributed by atoms with E-state index in [1.165, 1.54) is 0 Å². The van der Waals surface area contributed by atoms with E-state index in [-0.39, 0.29) is 6.61 Å². The van der Waals surface area contributed by atoms with Gasteiger partial charge in [0.15, 0.2) is 0 Å². The SMILES string of the molecule is C#CCOc1ccccc1CNCC(C)(O)CC(C)C. The Kier molecular flexibility index (Phi) is 6.57. The second kappa shape index (κ2) is 7.94. The van der Waals surface area contributed by atoms with Crippen molar-refractivity contribution in [1.82, 2.24) is 5.32 Å². The van der Waals surface area contributed by atoms with Gasteiger partial charge in [-0.25, -0.2) is 0 Å². The molecule has 1 aromatic rings. The van der Waals surface area contributed by atoms with Crippen LogP contribution in [0.2, 0.25) is 0 Å². The zero-order valence-electron chi connectivity index (χ0n) is 12.6. The lowest BCUT2D eigenvalue weighted by atomic mass is 9.94. The van der Waals surface area contributed by atoms with Gasteiger partial charge < -0.3 is 15.2 Å². The number of ether oxygens (including phenoxy) is 1. The number of para-hydroxylation sites is 1. The van der Waals surface area contributed by atoms with Crippen molar-refractivity contribution >= 4 is 0 Å². The number of benzene rings is 1. The molecule has 0 radical (unpaired) electrons. The van der Waals surface area contributed by atoms with E-state index in [9.17, 15) is 5.11 Å².